The lowest BCUT2D eigenvalue weighted by molar-refractivity contribution is -0.139. The standard InChI is InChI=1S/C12H13BrFNO2/c13-10-4-3-8(14)5-9(10)11(12(16)17)15-6-7-1-2-7/h3-5,7,11,15H,1-2,6H2,(H,16,17). The number of carboxylic acids is 1. The number of aliphatic carboxylic acids is 1. The zero-order valence-corrected chi connectivity index (χ0v) is 10.7. The first kappa shape index (κ1) is 12.5. The summed E-state index contributed by atoms with van der Waals surface area (Å²) in [5, 5.41) is 12.1. The summed E-state index contributed by atoms with van der Waals surface area (Å²) in [7, 11) is 0. The Kier molecular flexibility index (Phi) is 3.79. The van der Waals surface area contributed by atoms with Crippen LogP contribution in [0.2, 0.25) is 0 Å². The van der Waals surface area contributed by atoms with Crippen molar-refractivity contribution < 1.29 is 14.3 Å². The highest BCUT2D eigenvalue weighted by Crippen LogP contribution is 2.30. The number of carboxylic acid groups (broad SMARTS) is 1. The largest absolute Gasteiger partial charge is 0.480 e. The molecular formula is C12H13BrFNO2. The molecule has 1 unspecified atom stereocenters. The third kappa shape index (κ3) is 3.26. The maximum atomic E-state index is 13.1. The highest BCUT2D eigenvalue weighted by molar-refractivity contribution is 9.10. The Hall–Kier alpha value is -0.940. The van der Waals surface area contributed by atoms with Crippen LogP contribution in [0.15, 0.2) is 22.7 Å². The number of benzene rings is 1. The number of nitrogens with one attached hydrogen (secondary N) is 1. The van der Waals surface area contributed by atoms with Crippen LogP contribution in [0.25, 0.3) is 0 Å². The van der Waals surface area contributed by atoms with Gasteiger partial charge in [-0.05, 0) is 49.1 Å². The summed E-state index contributed by atoms with van der Waals surface area (Å²) in [6.45, 7) is 0.667. The molecule has 0 radical (unpaired) electrons. The minimum atomic E-state index is -0.989. The molecule has 3 nitrogen and oxygen atoms in total. The van der Waals surface area contributed by atoms with Crippen molar-refractivity contribution >= 4 is 21.9 Å². The van der Waals surface area contributed by atoms with Gasteiger partial charge in [-0.1, -0.05) is 15.9 Å². The van der Waals surface area contributed by atoms with Crippen LogP contribution in [-0.4, -0.2) is 17.6 Å². The molecule has 2 rings (SSSR count). The number of carbonyl (C=O) groups is 1. The molecule has 1 saturated carbocycles. The Labute approximate surface area is 107 Å². The first-order valence-corrected chi connectivity index (χ1v) is 6.28. The normalized spacial score (nSPS) is 16.8. The molecule has 0 spiro atoms. The predicted molar refractivity (Wildman–Crippen MR) is 65.2 cm³/mol. The van der Waals surface area contributed by atoms with Crippen molar-refractivity contribution in [3.05, 3.63) is 34.1 Å². The molecule has 1 aromatic rings. The Balaban J connectivity index is 2.17. The van der Waals surface area contributed by atoms with E-state index in [1.165, 1.54) is 18.2 Å². The molecule has 0 amide bonds. The maximum Gasteiger partial charge on any atom is 0.325 e. The van der Waals surface area contributed by atoms with E-state index in [4.69, 9.17) is 5.11 Å². The topological polar surface area (TPSA) is 49.3 Å². The van der Waals surface area contributed by atoms with Crippen molar-refractivity contribution in [3.63, 3.8) is 0 Å². The van der Waals surface area contributed by atoms with Crippen LogP contribution in [0.4, 0.5) is 4.39 Å². The van der Waals surface area contributed by atoms with Gasteiger partial charge >= 0.3 is 5.97 Å². The molecule has 0 saturated heterocycles. The molecule has 1 atom stereocenters. The molecule has 1 aliphatic carbocycles. The Morgan fingerprint density at radius 2 is 2.29 bits per heavy atom. The molecule has 92 valence electrons. The number of hydrogen-bond donors (Lipinski definition) is 2. The van der Waals surface area contributed by atoms with Crippen LogP contribution < -0.4 is 5.32 Å². The van der Waals surface area contributed by atoms with Crippen molar-refractivity contribution in [3.8, 4) is 0 Å². The summed E-state index contributed by atoms with van der Waals surface area (Å²) in [5.74, 6) is -0.844. The predicted octanol–water partition coefficient (Wildman–Crippen LogP) is 2.71. The van der Waals surface area contributed by atoms with Crippen LogP contribution in [0.3, 0.4) is 0 Å². The summed E-state index contributed by atoms with van der Waals surface area (Å²) < 4.78 is 13.7. The lowest BCUT2D eigenvalue weighted by Crippen LogP contribution is -2.30. The van der Waals surface area contributed by atoms with Crippen LogP contribution in [-0.2, 0) is 4.79 Å². The third-order valence-electron chi connectivity index (χ3n) is 2.82. The Bertz CT molecular complexity index is 435. The van der Waals surface area contributed by atoms with Gasteiger partial charge in [0.05, 0.1) is 0 Å². The van der Waals surface area contributed by atoms with E-state index in [1.54, 1.807) is 0 Å². The number of halogens is 2. The third-order valence-corrected chi connectivity index (χ3v) is 3.55. The Morgan fingerprint density at radius 1 is 1.59 bits per heavy atom. The van der Waals surface area contributed by atoms with Crippen LogP contribution >= 0.6 is 15.9 Å². The first-order chi connectivity index (χ1) is 8.08. The summed E-state index contributed by atoms with van der Waals surface area (Å²) in [5.41, 5.74) is 0.429. The molecular weight excluding hydrogens is 289 g/mol. The quantitative estimate of drug-likeness (QED) is 0.879. The van der Waals surface area contributed by atoms with Gasteiger partial charge in [-0.3, -0.25) is 4.79 Å². The minimum absolute atomic E-state index is 0.428. The molecule has 2 N–H and O–H groups in total. The molecule has 1 aromatic carbocycles. The zero-order chi connectivity index (χ0) is 12.4. The van der Waals surface area contributed by atoms with Crippen molar-refractivity contribution in [2.24, 2.45) is 5.92 Å². The van der Waals surface area contributed by atoms with Crippen molar-refractivity contribution in [2.45, 2.75) is 18.9 Å². The summed E-state index contributed by atoms with van der Waals surface area (Å²) in [6, 6.07) is 3.22. The second kappa shape index (κ2) is 5.14. The van der Waals surface area contributed by atoms with Gasteiger partial charge < -0.3 is 10.4 Å². The molecule has 5 heteroatoms. The van der Waals surface area contributed by atoms with Gasteiger partial charge in [0.1, 0.15) is 11.9 Å². The highest BCUT2D eigenvalue weighted by atomic mass is 79.9. The van der Waals surface area contributed by atoms with Gasteiger partial charge in [0, 0.05) is 4.47 Å². The van der Waals surface area contributed by atoms with E-state index in [2.05, 4.69) is 21.2 Å². The monoisotopic (exact) mass is 301 g/mol. The van der Waals surface area contributed by atoms with E-state index in [-0.39, 0.29) is 0 Å². The fourth-order valence-electron chi connectivity index (χ4n) is 1.67. The maximum absolute atomic E-state index is 13.1. The van der Waals surface area contributed by atoms with E-state index in [9.17, 15) is 9.18 Å². The fourth-order valence-corrected chi connectivity index (χ4v) is 2.15. The van der Waals surface area contributed by atoms with E-state index in [1.807, 2.05) is 0 Å². The van der Waals surface area contributed by atoms with Gasteiger partial charge in [0.15, 0.2) is 0 Å². The highest BCUT2D eigenvalue weighted by Gasteiger charge is 2.27. The second-order valence-electron chi connectivity index (χ2n) is 4.29. The molecule has 0 aliphatic heterocycles. The van der Waals surface area contributed by atoms with E-state index >= 15 is 0 Å². The Morgan fingerprint density at radius 3 is 2.88 bits per heavy atom. The van der Waals surface area contributed by atoms with Gasteiger partial charge in [0.25, 0.3) is 0 Å². The molecule has 0 heterocycles. The van der Waals surface area contributed by atoms with Gasteiger partial charge in [-0.25, -0.2) is 4.39 Å². The minimum Gasteiger partial charge on any atom is -0.480 e. The molecule has 0 bridgehead atoms. The van der Waals surface area contributed by atoms with Crippen LogP contribution in [0.1, 0.15) is 24.4 Å². The van der Waals surface area contributed by atoms with E-state index in [0.29, 0.717) is 22.5 Å². The van der Waals surface area contributed by atoms with Crippen molar-refractivity contribution in [1.82, 2.24) is 5.32 Å². The smallest absolute Gasteiger partial charge is 0.325 e. The first-order valence-electron chi connectivity index (χ1n) is 5.49. The number of rotatable bonds is 5. The van der Waals surface area contributed by atoms with Gasteiger partial charge in [-0.2, -0.15) is 0 Å². The average molecular weight is 302 g/mol. The van der Waals surface area contributed by atoms with Gasteiger partial charge in [0.2, 0.25) is 0 Å². The molecule has 17 heavy (non-hydrogen) atoms. The van der Waals surface area contributed by atoms with Crippen molar-refractivity contribution in [1.29, 1.82) is 0 Å². The van der Waals surface area contributed by atoms with Crippen LogP contribution in [0.5, 0.6) is 0 Å². The second-order valence-corrected chi connectivity index (χ2v) is 5.14. The summed E-state index contributed by atoms with van der Waals surface area (Å²) in [6.07, 6.45) is 2.29. The SMILES string of the molecule is O=C(O)C(NCC1CC1)c1cc(F)ccc1Br. The van der Waals surface area contributed by atoms with E-state index < -0.39 is 17.8 Å². The zero-order valence-electron chi connectivity index (χ0n) is 9.12. The fraction of sp³-hybridized carbons (Fsp3) is 0.417. The molecule has 1 fully saturated rings. The van der Waals surface area contributed by atoms with Crippen molar-refractivity contribution in [2.75, 3.05) is 6.54 Å². The van der Waals surface area contributed by atoms with Gasteiger partial charge in [-0.15, -0.1) is 0 Å². The van der Waals surface area contributed by atoms with Crippen LogP contribution in [0, 0.1) is 11.7 Å². The molecule has 1 aliphatic rings. The number of hydrogen-bond acceptors (Lipinski definition) is 2. The summed E-state index contributed by atoms with van der Waals surface area (Å²) in [4.78, 5) is 11.2. The van der Waals surface area contributed by atoms with E-state index in [0.717, 1.165) is 12.8 Å². The lowest BCUT2D eigenvalue weighted by atomic mass is 10.1. The summed E-state index contributed by atoms with van der Waals surface area (Å²) >= 11 is 3.25. The lowest BCUT2D eigenvalue weighted by Gasteiger charge is -2.16. The molecule has 0 aromatic heterocycles. The average Bonchev–Trinajstić information content (AvgIpc) is 3.06.